The van der Waals surface area contributed by atoms with Crippen LogP contribution in [-0.4, -0.2) is 24.1 Å². The normalized spacial score (nSPS) is 13.9. The van der Waals surface area contributed by atoms with Gasteiger partial charge in [-0.05, 0) is 39.7 Å². The maximum atomic E-state index is 12.8. The Labute approximate surface area is 125 Å². The number of nitrogens with zero attached hydrogens (tertiary/aromatic N) is 1. The van der Waals surface area contributed by atoms with E-state index in [4.69, 9.17) is 4.74 Å². The highest BCUT2D eigenvalue weighted by Crippen LogP contribution is 2.27. The van der Waals surface area contributed by atoms with Crippen molar-refractivity contribution in [3.05, 3.63) is 51.8 Å². The Hall–Kier alpha value is -1.59. The largest absolute Gasteiger partial charge is 0.496 e. The Morgan fingerprint density at radius 1 is 1.40 bits per heavy atom. The van der Waals surface area contributed by atoms with E-state index < -0.39 is 0 Å². The Bertz CT molecular complexity index is 664. The molecule has 2 aromatic rings. The average molecular weight is 335 g/mol. The van der Waals surface area contributed by atoms with Crippen LogP contribution in [0.25, 0.3) is 0 Å². The maximum Gasteiger partial charge on any atom is 0.266 e. The standard InChI is InChI=1S/C15H15BrN2O2/c1-20-13-5-3-2-4-11(13)15(19)18-12-6-7-17-9-10(12)8-14(18)16/h2-5,8,17H,6-7,9H2,1H3. The lowest BCUT2D eigenvalue weighted by Gasteiger charge is -2.17. The Morgan fingerprint density at radius 2 is 2.20 bits per heavy atom. The van der Waals surface area contributed by atoms with Crippen molar-refractivity contribution >= 4 is 21.8 Å². The van der Waals surface area contributed by atoms with E-state index in [-0.39, 0.29) is 5.91 Å². The molecule has 1 aliphatic heterocycles. The summed E-state index contributed by atoms with van der Waals surface area (Å²) < 4.78 is 7.82. The zero-order valence-electron chi connectivity index (χ0n) is 11.1. The van der Waals surface area contributed by atoms with Gasteiger partial charge in [-0.2, -0.15) is 0 Å². The predicted octanol–water partition coefficient (Wildman–Crippen LogP) is 2.59. The van der Waals surface area contributed by atoms with E-state index in [0.29, 0.717) is 11.3 Å². The minimum Gasteiger partial charge on any atom is -0.496 e. The Morgan fingerprint density at radius 3 is 3.00 bits per heavy atom. The second-order valence-electron chi connectivity index (χ2n) is 4.71. The summed E-state index contributed by atoms with van der Waals surface area (Å²) in [6.07, 6.45) is 0.849. The van der Waals surface area contributed by atoms with Gasteiger partial charge in [-0.15, -0.1) is 0 Å². The van der Waals surface area contributed by atoms with E-state index >= 15 is 0 Å². The molecule has 0 radical (unpaired) electrons. The molecule has 0 saturated heterocycles. The first-order valence-corrected chi connectivity index (χ1v) is 7.29. The lowest BCUT2D eigenvalue weighted by molar-refractivity contribution is 0.0951. The third-order valence-electron chi connectivity index (χ3n) is 3.54. The topological polar surface area (TPSA) is 43.3 Å². The van der Waals surface area contributed by atoms with Gasteiger partial charge in [0.15, 0.2) is 0 Å². The summed E-state index contributed by atoms with van der Waals surface area (Å²) >= 11 is 3.50. The van der Waals surface area contributed by atoms with E-state index in [1.165, 1.54) is 5.56 Å². The second-order valence-corrected chi connectivity index (χ2v) is 5.52. The van der Waals surface area contributed by atoms with Crippen molar-refractivity contribution in [1.82, 2.24) is 9.88 Å². The van der Waals surface area contributed by atoms with Crippen molar-refractivity contribution in [3.8, 4) is 5.75 Å². The van der Waals surface area contributed by atoms with Crippen LogP contribution in [0, 0.1) is 0 Å². The maximum absolute atomic E-state index is 12.8. The molecule has 3 rings (SSSR count). The van der Waals surface area contributed by atoms with Gasteiger partial charge in [0.2, 0.25) is 0 Å². The number of hydrogen-bond donors (Lipinski definition) is 1. The summed E-state index contributed by atoms with van der Waals surface area (Å²) in [5.41, 5.74) is 2.82. The van der Waals surface area contributed by atoms with Crippen LogP contribution in [0.1, 0.15) is 21.6 Å². The highest BCUT2D eigenvalue weighted by atomic mass is 79.9. The molecule has 0 atom stereocenters. The molecule has 1 aliphatic rings. The monoisotopic (exact) mass is 334 g/mol. The number of aromatic nitrogens is 1. The van der Waals surface area contributed by atoms with Crippen LogP contribution in [-0.2, 0) is 13.0 Å². The summed E-state index contributed by atoms with van der Waals surface area (Å²) in [6, 6.07) is 9.31. The van der Waals surface area contributed by atoms with E-state index in [2.05, 4.69) is 21.2 Å². The molecule has 1 aromatic heterocycles. The zero-order chi connectivity index (χ0) is 14.1. The number of ether oxygens (including phenoxy) is 1. The van der Waals surface area contributed by atoms with Gasteiger partial charge in [0.1, 0.15) is 5.75 Å². The minimum atomic E-state index is -0.0579. The van der Waals surface area contributed by atoms with Crippen molar-refractivity contribution < 1.29 is 9.53 Å². The third kappa shape index (κ3) is 2.17. The molecule has 1 N–H and O–H groups in total. The summed E-state index contributed by atoms with van der Waals surface area (Å²) in [6.45, 7) is 1.70. The lowest BCUT2D eigenvalue weighted by Crippen LogP contribution is -2.26. The molecule has 5 heteroatoms. The minimum absolute atomic E-state index is 0.0579. The molecule has 0 spiro atoms. The Kier molecular flexibility index (Phi) is 3.63. The number of nitrogens with one attached hydrogen (secondary N) is 1. The first-order valence-electron chi connectivity index (χ1n) is 6.50. The van der Waals surface area contributed by atoms with Crippen LogP contribution in [0.4, 0.5) is 0 Å². The summed E-state index contributed by atoms with van der Waals surface area (Å²) in [5.74, 6) is 0.540. The molecule has 2 heterocycles. The highest BCUT2D eigenvalue weighted by Gasteiger charge is 2.23. The number of fused-ring (bicyclic) bond motifs is 1. The van der Waals surface area contributed by atoms with E-state index in [1.54, 1.807) is 23.8 Å². The van der Waals surface area contributed by atoms with Crippen molar-refractivity contribution in [1.29, 1.82) is 0 Å². The number of methoxy groups -OCH3 is 1. The molecule has 4 nitrogen and oxygen atoms in total. The SMILES string of the molecule is COc1ccccc1C(=O)n1c(Br)cc2c1CCNC2. The van der Waals surface area contributed by atoms with Gasteiger partial charge in [-0.3, -0.25) is 9.36 Å². The lowest BCUT2D eigenvalue weighted by atomic mass is 10.1. The number of rotatable bonds is 2. The van der Waals surface area contributed by atoms with Gasteiger partial charge in [-0.1, -0.05) is 12.1 Å². The van der Waals surface area contributed by atoms with E-state index in [1.807, 2.05) is 18.2 Å². The molecule has 104 valence electrons. The summed E-state index contributed by atoms with van der Waals surface area (Å²) in [4.78, 5) is 12.8. The number of carbonyl (C=O) groups is 1. The average Bonchev–Trinajstić information content (AvgIpc) is 2.82. The van der Waals surface area contributed by atoms with E-state index in [9.17, 15) is 4.79 Å². The van der Waals surface area contributed by atoms with Gasteiger partial charge < -0.3 is 10.1 Å². The smallest absolute Gasteiger partial charge is 0.266 e. The van der Waals surface area contributed by atoms with Crippen molar-refractivity contribution in [2.24, 2.45) is 0 Å². The van der Waals surface area contributed by atoms with Crippen LogP contribution < -0.4 is 10.1 Å². The number of para-hydroxylation sites is 1. The molecule has 0 aliphatic carbocycles. The van der Waals surface area contributed by atoms with Gasteiger partial charge in [0.05, 0.1) is 17.3 Å². The van der Waals surface area contributed by atoms with Crippen molar-refractivity contribution in [2.75, 3.05) is 13.7 Å². The number of hydrogen-bond acceptors (Lipinski definition) is 3. The van der Waals surface area contributed by atoms with Crippen LogP contribution in [0.2, 0.25) is 0 Å². The molecule has 20 heavy (non-hydrogen) atoms. The van der Waals surface area contributed by atoms with Gasteiger partial charge in [-0.25, -0.2) is 0 Å². The fourth-order valence-electron chi connectivity index (χ4n) is 2.58. The van der Waals surface area contributed by atoms with Crippen LogP contribution >= 0.6 is 15.9 Å². The van der Waals surface area contributed by atoms with Crippen molar-refractivity contribution in [2.45, 2.75) is 13.0 Å². The third-order valence-corrected chi connectivity index (χ3v) is 4.13. The molecule has 0 amide bonds. The first kappa shape index (κ1) is 13.4. The summed E-state index contributed by atoms with van der Waals surface area (Å²) in [5, 5.41) is 3.31. The van der Waals surface area contributed by atoms with Crippen LogP contribution in [0.15, 0.2) is 34.9 Å². The number of carbonyl (C=O) groups excluding carboxylic acids is 1. The quantitative estimate of drug-likeness (QED) is 0.917. The van der Waals surface area contributed by atoms with Crippen LogP contribution in [0.3, 0.4) is 0 Å². The fourth-order valence-corrected chi connectivity index (χ4v) is 3.23. The predicted molar refractivity (Wildman–Crippen MR) is 80.3 cm³/mol. The highest BCUT2D eigenvalue weighted by molar-refractivity contribution is 9.10. The summed E-state index contributed by atoms with van der Waals surface area (Å²) in [7, 11) is 1.58. The van der Waals surface area contributed by atoms with E-state index in [0.717, 1.165) is 29.8 Å². The molecular formula is C15H15BrN2O2. The van der Waals surface area contributed by atoms with Crippen LogP contribution in [0.5, 0.6) is 5.75 Å². The van der Waals surface area contributed by atoms with Crippen molar-refractivity contribution in [3.63, 3.8) is 0 Å². The van der Waals surface area contributed by atoms with Gasteiger partial charge in [0, 0.05) is 25.2 Å². The molecule has 0 bridgehead atoms. The number of benzene rings is 1. The molecule has 0 saturated carbocycles. The molecule has 0 fully saturated rings. The second kappa shape index (κ2) is 5.42. The Balaban J connectivity index is 2.09. The number of halogens is 1. The molecule has 0 unspecified atom stereocenters. The van der Waals surface area contributed by atoms with Gasteiger partial charge >= 0.3 is 0 Å². The zero-order valence-corrected chi connectivity index (χ0v) is 12.7. The molecule has 1 aromatic carbocycles. The van der Waals surface area contributed by atoms with Gasteiger partial charge in [0.25, 0.3) is 5.91 Å². The first-order chi connectivity index (χ1) is 9.72. The fraction of sp³-hybridized carbons (Fsp3) is 0.267. The molecular weight excluding hydrogens is 320 g/mol.